The second-order valence-electron chi connectivity index (χ2n) is 9.30. The van der Waals surface area contributed by atoms with Crippen LogP contribution in [0.5, 0.6) is 5.75 Å². The molecule has 4 nitrogen and oxygen atoms in total. The van der Waals surface area contributed by atoms with Gasteiger partial charge in [-0.2, -0.15) is 0 Å². The van der Waals surface area contributed by atoms with Crippen molar-refractivity contribution in [2.24, 2.45) is 0 Å². The SMILES string of the molecule is CC(C)=CCC[C@@](C)(O)[C@@H]1CCC(C)=CCCC(C)=CCc2cc(ccc2O)C(=O)O1. The highest BCUT2D eigenvalue weighted by Gasteiger charge is 2.34. The molecule has 170 valence electrons. The maximum absolute atomic E-state index is 13.0. The molecule has 0 fully saturated rings. The highest BCUT2D eigenvalue weighted by Crippen LogP contribution is 2.28. The first kappa shape index (κ1) is 24.9. The Labute approximate surface area is 187 Å². The van der Waals surface area contributed by atoms with Crippen LogP contribution >= 0.6 is 0 Å². The van der Waals surface area contributed by atoms with Crippen LogP contribution in [0.4, 0.5) is 0 Å². The zero-order valence-electron chi connectivity index (χ0n) is 19.7. The average molecular weight is 427 g/mol. The Kier molecular flexibility index (Phi) is 9.12. The zero-order chi connectivity index (χ0) is 23.0. The van der Waals surface area contributed by atoms with Crippen molar-refractivity contribution in [1.82, 2.24) is 0 Å². The molecule has 4 heteroatoms. The molecule has 2 bridgehead atoms. The number of allylic oxidation sites excluding steroid dienone is 6. The van der Waals surface area contributed by atoms with Crippen LogP contribution in [0, 0.1) is 0 Å². The molecule has 0 saturated heterocycles. The van der Waals surface area contributed by atoms with Gasteiger partial charge >= 0.3 is 5.97 Å². The number of fused-ring (bicyclic) bond motifs is 2. The topological polar surface area (TPSA) is 66.8 Å². The molecule has 0 aromatic heterocycles. The average Bonchev–Trinajstić information content (AvgIpc) is 2.69. The summed E-state index contributed by atoms with van der Waals surface area (Å²) in [4.78, 5) is 13.0. The summed E-state index contributed by atoms with van der Waals surface area (Å²) >= 11 is 0. The van der Waals surface area contributed by atoms with Crippen LogP contribution in [0.2, 0.25) is 0 Å². The molecule has 2 atom stereocenters. The fourth-order valence-corrected chi connectivity index (χ4v) is 3.78. The highest BCUT2D eigenvalue weighted by molar-refractivity contribution is 5.90. The third kappa shape index (κ3) is 8.02. The van der Waals surface area contributed by atoms with E-state index in [1.165, 1.54) is 16.7 Å². The van der Waals surface area contributed by atoms with E-state index in [9.17, 15) is 15.0 Å². The second-order valence-corrected chi connectivity index (χ2v) is 9.30. The lowest BCUT2D eigenvalue weighted by atomic mass is 9.88. The van der Waals surface area contributed by atoms with Crippen molar-refractivity contribution in [2.45, 2.75) is 91.3 Å². The molecule has 1 aromatic rings. The first-order valence-corrected chi connectivity index (χ1v) is 11.3. The van der Waals surface area contributed by atoms with Gasteiger partial charge in [-0.3, -0.25) is 0 Å². The standard InChI is InChI=1S/C27H38O4/c1-19(2)8-7-17-27(5,30)25-16-12-21(4)10-6-9-20(3)11-13-22-18-23(26(29)31-25)14-15-24(22)28/h8,10-11,14-15,18,25,28,30H,6-7,9,12-13,16-17H2,1-5H3/t25-,27+/m0/s1. The Morgan fingerprint density at radius 3 is 2.61 bits per heavy atom. The van der Waals surface area contributed by atoms with Gasteiger partial charge in [0.2, 0.25) is 0 Å². The van der Waals surface area contributed by atoms with Crippen LogP contribution in [-0.4, -0.2) is 27.9 Å². The van der Waals surface area contributed by atoms with E-state index in [2.05, 4.69) is 32.1 Å². The Morgan fingerprint density at radius 1 is 1.19 bits per heavy atom. The number of cyclic esters (lactones) is 1. The number of hydrogen-bond donors (Lipinski definition) is 2. The second kappa shape index (κ2) is 11.3. The van der Waals surface area contributed by atoms with Crippen molar-refractivity contribution in [3.8, 4) is 5.75 Å². The van der Waals surface area contributed by atoms with Crippen LogP contribution in [0.25, 0.3) is 0 Å². The van der Waals surface area contributed by atoms with Crippen LogP contribution in [0.3, 0.4) is 0 Å². The van der Waals surface area contributed by atoms with Crippen molar-refractivity contribution >= 4 is 5.97 Å². The van der Waals surface area contributed by atoms with E-state index in [0.717, 1.165) is 25.7 Å². The fourth-order valence-electron chi connectivity index (χ4n) is 3.78. The minimum absolute atomic E-state index is 0.172. The van der Waals surface area contributed by atoms with Crippen molar-refractivity contribution < 1.29 is 19.7 Å². The quantitative estimate of drug-likeness (QED) is 0.430. The van der Waals surface area contributed by atoms with Gasteiger partial charge in [-0.1, -0.05) is 34.9 Å². The minimum Gasteiger partial charge on any atom is -0.508 e. The molecule has 1 heterocycles. The Hall–Kier alpha value is -2.33. The summed E-state index contributed by atoms with van der Waals surface area (Å²) in [5, 5.41) is 21.4. The summed E-state index contributed by atoms with van der Waals surface area (Å²) in [7, 11) is 0. The number of benzene rings is 1. The van der Waals surface area contributed by atoms with Crippen molar-refractivity contribution in [2.75, 3.05) is 0 Å². The number of phenols is 1. The molecule has 0 amide bonds. The molecule has 31 heavy (non-hydrogen) atoms. The number of phenolic OH excluding ortho intramolecular Hbond substituents is 1. The lowest BCUT2D eigenvalue weighted by Crippen LogP contribution is -2.42. The van der Waals surface area contributed by atoms with Gasteiger partial charge in [0.1, 0.15) is 11.9 Å². The minimum atomic E-state index is -1.13. The predicted molar refractivity (Wildman–Crippen MR) is 126 cm³/mol. The van der Waals surface area contributed by atoms with Crippen molar-refractivity contribution in [3.05, 3.63) is 64.3 Å². The molecule has 0 radical (unpaired) electrons. The molecule has 0 unspecified atom stereocenters. The summed E-state index contributed by atoms with van der Waals surface area (Å²) in [5.74, 6) is -0.295. The molecule has 1 aliphatic rings. The Bertz CT molecular complexity index is 854. The summed E-state index contributed by atoms with van der Waals surface area (Å²) < 4.78 is 5.86. The maximum atomic E-state index is 13.0. The number of aliphatic hydroxyl groups is 1. The number of ether oxygens (including phenoxy) is 1. The third-order valence-corrected chi connectivity index (χ3v) is 5.96. The van der Waals surface area contributed by atoms with Gasteiger partial charge in [-0.15, -0.1) is 0 Å². The lowest BCUT2D eigenvalue weighted by Gasteiger charge is -2.32. The van der Waals surface area contributed by atoms with E-state index in [1.54, 1.807) is 25.1 Å². The molecule has 1 aromatic carbocycles. The summed E-state index contributed by atoms with van der Waals surface area (Å²) in [6.07, 6.45) is 10.8. The number of esters is 1. The van der Waals surface area contributed by atoms with Gasteiger partial charge < -0.3 is 14.9 Å². The van der Waals surface area contributed by atoms with Crippen LogP contribution < -0.4 is 0 Å². The van der Waals surface area contributed by atoms with Gasteiger partial charge in [0.05, 0.1) is 11.2 Å². The Morgan fingerprint density at radius 2 is 1.90 bits per heavy atom. The fraction of sp³-hybridized carbons (Fsp3) is 0.519. The van der Waals surface area contributed by atoms with E-state index >= 15 is 0 Å². The predicted octanol–water partition coefficient (Wildman–Crippen LogP) is 6.42. The normalized spacial score (nSPS) is 20.3. The smallest absolute Gasteiger partial charge is 0.338 e. The number of rotatable bonds is 4. The molecular weight excluding hydrogens is 388 g/mol. The maximum Gasteiger partial charge on any atom is 0.338 e. The largest absolute Gasteiger partial charge is 0.508 e. The molecular formula is C27H38O4. The molecule has 2 rings (SSSR count). The van der Waals surface area contributed by atoms with E-state index in [0.29, 0.717) is 30.4 Å². The molecule has 1 aliphatic heterocycles. The van der Waals surface area contributed by atoms with E-state index in [1.807, 2.05) is 13.8 Å². The molecule has 2 N–H and O–H groups in total. The number of hydrogen-bond acceptors (Lipinski definition) is 4. The summed E-state index contributed by atoms with van der Waals surface area (Å²) in [5.41, 5.74) is 3.66. The van der Waals surface area contributed by atoms with Crippen molar-refractivity contribution in [1.29, 1.82) is 0 Å². The van der Waals surface area contributed by atoms with E-state index < -0.39 is 17.7 Å². The van der Waals surface area contributed by atoms with Crippen LogP contribution in [0.15, 0.2) is 53.1 Å². The van der Waals surface area contributed by atoms with Gasteiger partial charge in [0, 0.05) is 0 Å². The molecule has 0 saturated carbocycles. The molecule has 0 aliphatic carbocycles. The summed E-state index contributed by atoms with van der Waals surface area (Å²) in [6, 6.07) is 4.82. The number of carbonyl (C=O) groups is 1. The lowest BCUT2D eigenvalue weighted by molar-refractivity contribution is -0.0814. The van der Waals surface area contributed by atoms with Gasteiger partial charge in [0.15, 0.2) is 0 Å². The zero-order valence-corrected chi connectivity index (χ0v) is 19.7. The third-order valence-electron chi connectivity index (χ3n) is 5.96. The van der Waals surface area contributed by atoms with Crippen LogP contribution in [0.1, 0.15) is 89.1 Å². The van der Waals surface area contributed by atoms with Gasteiger partial charge in [-0.05, 0) is 103 Å². The first-order valence-electron chi connectivity index (χ1n) is 11.3. The van der Waals surface area contributed by atoms with Crippen LogP contribution in [-0.2, 0) is 11.2 Å². The first-order chi connectivity index (χ1) is 14.6. The monoisotopic (exact) mass is 426 g/mol. The van der Waals surface area contributed by atoms with Gasteiger partial charge in [0.25, 0.3) is 0 Å². The summed E-state index contributed by atoms with van der Waals surface area (Å²) in [6.45, 7) is 10.0. The highest BCUT2D eigenvalue weighted by atomic mass is 16.6. The van der Waals surface area contributed by atoms with Crippen molar-refractivity contribution in [3.63, 3.8) is 0 Å². The van der Waals surface area contributed by atoms with E-state index in [-0.39, 0.29) is 5.75 Å². The molecule has 0 spiro atoms. The number of carbonyl (C=O) groups excluding carboxylic acids is 1. The van der Waals surface area contributed by atoms with Gasteiger partial charge in [-0.25, -0.2) is 4.79 Å². The number of aromatic hydroxyl groups is 1. The Balaban J connectivity index is 2.33. The van der Waals surface area contributed by atoms with E-state index in [4.69, 9.17) is 4.74 Å².